The minimum Gasteiger partial charge on any atom is -0.295 e. The summed E-state index contributed by atoms with van der Waals surface area (Å²) in [5.41, 5.74) is 3.52. The predicted molar refractivity (Wildman–Crippen MR) is 50.8 cm³/mol. The Balaban J connectivity index is 2.39. The Hall–Kier alpha value is -0.0800. The summed E-state index contributed by atoms with van der Waals surface area (Å²) >= 11 is 0. The molecule has 1 heterocycles. The predicted octanol–water partition coefficient (Wildman–Crippen LogP) is 2.49. The van der Waals surface area contributed by atoms with E-state index in [4.69, 9.17) is 4.84 Å². The Labute approximate surface area is 75.6 Å². The van der Waals surface area contributed by atoms with Crippen molar-refractivity contribution in [2.24, 2.45) is 5.41 Å². The molecule has 1 saturated heterocycles. The largest absolute Gasteiger partial charge is 0.295 e. The Bertz CT molecular complexity index is 158. The van der Waals surface area contributed by atoms with Gasteiger partial charge < -0.3 is 0 Å². The maximum Gasteiger partial charge on any atom is 0.0856 e. The first-order valence-electron chi connectivity index (χ1n) is 4.72. The van der Waals surface area contributed by atoms with Gasteiger partial charge in [-0.3, -0.25) is 4.84 Å². The standard InChI is InChI=1S/C10H21NO/c1-9(2,3)6-8-7-10(4,5)12-11-8/h8,11H,6-7H2,1-5H3. The van der Waals surface area contributed by atoms with E-state index >= 15 is 0 Å². The maximum atomic E-state index is 5.45. The van der Waals surface area contributed by atoms with Gasteiger partial charge in [-0.25, -0.2) is 0 Å². The van der Waals surface area contributed by atoms with Crippen LogP contribution in [-0.2, 0) is 4.84 Å². The average Bonchev–Trinajstić information content (AvgIpc) is 2.05. The van der Waals surface area contributed by atoms with Crippen LogP contribution >= 0.6 is 0 Å². The monoisotopic (exact) mass is 171 g/mol. The summed E-state index contributed by atoms with van der Waals surface area (Å²) in [6.07, 6.45) is 2.29. The molecule has 1 atom stereocenters. The fourth-order valence-electron chi connectivity index (χ4n) is 1.77. The second kappa shape index (κ2) is 3.00. The normalized spacial score (nSPS) is 29.2. The zero-order valence-electron chi connectivity index (χ0n) is 8.90. The molecule has 1 aliphatic heterocycles. The lowest BCUT2D eigenvalue weighted by Crippen LogP contribution is -2.25. The Morgan fingerprint density at radius 2 is 2.00 bits per heavy atom. The van der Waals surface area contributed by atoms with E-state index in [-0.39, 0.29) is 5.60 Å². The van der Waals surface area contributed by atoms with Gasteiger partial charge >= 0.3 is 0 Å². The molecule has 2 heteroatoms. The van der Waals surface area contributed by atoms with Gasteiger partial charge in [-0.05, 0) is 32.1 Å². The molecule has 0 amide bonds. The Morgan fingerprint density at radius 1 is 1.42 bits per heavy atom. The minimum atomic E-state index is 0.0237. The molecule has 1 fully saturated rings. The van der Waals surface area contributed by atoms with Gasteiger partial charge in [0.25, 0.3) is 0 Å². The van der Waals surface area contributed by atoms with Crippen molar-refractivity contribution in [1.82, 2.24) is 5.48 Å². The number of hydrogen-bond donors (Lipinski definition) is 1. The van der Waals surface area contributed by atoms with Crippen molar-refractivity contribution >= 4 is 0 Å². The first kappa shape index (κ1) is 10.0. The third-order valence-electron chi connectivity index (χ3n) is 2.10. The molecule has 1 rings (SSSR count). The third kappa shape index (κ3) is 3.11. The van der Waals surface area contributed by atoms with Crippen LogP contribution in [0.25, 0.3) is 0 Å². The summed E-state index contributed by atoms with van der Waals surface area (Å²) in [6.45, 7) is 11.0. The van der Waals surface area contributed by atoms with Crippen molar-refractivity contribution in [1.29, 1.82) is 0 Å². The second-order valence-corrected chi connectivity index (χ2v) is 5.65. The molecule has 2 nitrogen and oxygen atoms in total. The van der Waals surface area contributed by atoms with Gasteiger partial charge in [-0.15, -0.1) is 0 Å². The molecule has 1 aliphatic rings. The maximum absolute atomic E-state index is 5.45. The van der Waals surface area contributed by atoms with Crippen molar-refractivity contribution < 1.29 is 4.84 Å². The summed E-state index contributed by atoms with van der Waals surface area (Å²) in [7, 11) is 0. The van der Waals surface area contributed by atoms with Crippen molar-refractivity contribution in [2.75, 3.05) is 0 Å². The van der Waals surface area contributed by atoms with Crippen molar-refractivity contribution in [2.45, 2.75) is 59.1 Å². The molecule has 1 unspecified atom stereocenters. The molecule has 0 spiro atoms. The van der Waals surface area contributed by atoms with E-state index in [2.05, 4.69) is 40.1 Å². The van der Waals surface area contributed by atoms with E-state index < -0.39 is 0 Å². The SMILES string of the molecule is CC(C)(C)CC1CC(C)(C)ON1. The molecular formula is C10H21NO. The molecule has 0 aromatic heterocycles. The molecule has 1 N–H and O–H groups in total. The molecule has 0 bridgehead atoms. The number of hydroxylamine groups is 1. The van der Waals surface area contributed by atoms with E-state index in [0.29, 0.717) is 11.5 Å². The second-order valence-electron chi connectivity index (χ2n) is 5.65. The highest BCUT2D eigenvalue weighted by atomic mass is 16.7. The van der Waals surface area contributed by atoms with Crippen LogP contribution in [-0.4, -0.2) is 11.6 Å². The molecule has 12 heavy (non-hydrogen) atoms. The number of rotatable bonds is 1. The first-order valence-corrected chi connectivity index (χ1v) is 4.72. The van der Waals surface area contributed by atoms with Crippen LogP contribution in [0.15, 0.2) is 0 Å². The quantitative estimate of drug-likeness (QED) is 0.654. The van der Waals surface area contributed by atoms with E-state index in [1.165, 1.54) is 6.42 Å². The van der Waals surface area contributed by atoms with Crippen molar-refractivity contribution in [3.05, 3.63) is 0 Å². The summed E-state index contributed by atoms with van der Waals surface area (Å²) in [6, 6.07) is 0.528. The smallest absolute Gasteiger partial charge is 0.0856 e. The van der Waals surface area contributed by atoms with Crippen LogP contribution in [0.2, 0.25) is 0 Å². The zero-order valence-corrected chi connectivity index (χ0v) is 8.90. The highest BCUT2D eigenvalue weighted by Gasteiger charge is 2.33. The minimum absolute atomic E-state index is 0.0237. The van der Waals surface area contributed by atoms with E-state index in [1.807, 2.05) is 0 Å². The zero-order chi connectivity index (χ0) is 9.41. The lowest BCUT2D eigenvalue weighted by atomic mass is 9.85. The average molecular weight is 171 g/mol. The Kier molecular flexibility index (Phi) is 2.50. The molecule has 72 valence electrons. The Morgan fingerprint density at radius 3 is 2.33 bits per heavy atom. The lowest BCUT2D eigenvalue weighted by molar-refractivity contribution is -0.0327. The first-order chi connectivity index (χ1) is 5.29. The van der Waals surface area contributed by atoms with Gasteiger partial charge in [0.1, 0.15) is 0 Å². The third-order valence-corrected chi connectivity index (χ3v) is 2.10. The van der Waals surface area contributed by atoms with Gasteiger partial charge in [0.15, 0.2) is 0 Å². The van der Waals surface area contributed by atoms with Gasteiger partial charge in [-0.2, -0.15) is 5.48 Å². The summed E-state index contributed by atoms with van der Waals surface area (Å²) in [4.78, 5) is 5.45. The van der Waals surface area contributed by atoms with Gasteiger partial charge in [0.2, 0.25) is 0 Å². The van der Waals surface area contributed by atoms with Gasteiger partial charge in [-0.1, -0.05) is 20.8 Å². The highest BCUT2D eigenvalue weighted by Crippen LogP contribution is 2.30. The van der Waals surface area contributed by atoms with E-state index in [1.54, 1.807) is 0 Å². The van der Waals surface area contributed by atoms with Crippen molar-refractivity contribution in [3.63, 3.8) is 0 Å². The summed E-state index contributed by atoms with van der Waals surface area (Å²) in [5.74, 6) is 0. The van der Waals surface area contributed by atoms with Gasteiger partial charge in [0.05, 0.1) is 5.60 Å². The van der Waals surface area contributed by atoms with Crippen LogP contribution in [0.3, 0.4) is 0 Å². The van der Waals surface area contributed by atoms with Crippen molar-refractivity contribution in [3.8, 4) is 0 Å². The van der Waals surface area contributed by atoms with Crippen LogP contribution in [0.1, 0.15) is 47.5 Å². The molecule has 0 aromatic carbocycles. The molecule has 0 aliphatic carbocycles. The van der Waals surface area contributed by atoms with Crippen LogP contribution in [0.5, 0.6) is 0 Å². The molecule has 0 aromatic rings. The topological polar surface area (TPSA) is 21.3 Å². The number of nitrogens with one attached hydrogen (secondary N) is 1. The summed E-state index contributed by atoms with van der Waals surface area (Å²) in [5, 5.41) is 0. The lowest BCUT2D eigenvalue weighted by Gasteiger charge is -2.22. The fraction of sp³-hybridized carbons (Fsp3) is 1.00. The molecular weight excluding hydrogens is 150 g/mol. The highest BCUT2D eigenvalue weighted by molar-refractivity contribution is 4.84. The fourth-order valence-corrected chi connectivity index (χ4v) is 1.77. The van der Waals surface area contributed by atoms with Crippen LogP contribution in [0, 0.1) is 5.41 Å². The van der Waals surface area contributed by atoms with E-state index in [9.17, 15) is 0 Å². The van der Waals surface area contributed by atoms with Gasteiger partial charge in [0, 0.05) is 6.04 Å². The van der Waals surface area contributed by atoms with E-state index in [0.717, 1.165) is 6.42 Å². The summed E-state index contributed by atoms with van der Waals surface area (Å²) < 4.78 is 0. The van der Waals surface area contributed by atoms with Crippen LogP contribution in [0.4, 0.5) is 0 Å². The van der Waals surface area contributed by atoms with Crippen LogP contribution < -0.4 is 5.48 Å². The molecule has 0 radical (unpaired) electrons. The number of hydrogen-bond acceptors (Lipinski definition) is 2. The molecule has 0 saturated carbocycles.